The van der Waals surface area contributed by atoms with Crippen molar-refractivity contribution in [2.45, 2.75) is 19.3 Å². The smallest absolute Gasteiger partial charge is 0.236 e. The molecule has 0 amide bonds. The van der Waals surface area contributed by atoms with Crippen LogP contribution < -0.4 is 0 Å². The zero-order valence-electron chi connectivity index (χ0n) is 31.9. The van der Waals surface area contributed by atoms with Crippen LogP contribution >= 0.6 is 0 Å². The molecule has 0 fully saturated rings. The summed E-state index contributed by atoms with van der Waals surface area (Å²) in [6.45, 7) is 4.69. The molecule has 272 valence electrons. The average molecular weight is 743 g/mol. The zero-order valence-corrected chi connectivity index (χ0v) is 31.9. The van der Waals surface area contributed by atoms with Crippen LogP contribution in [0.2, 0.25) is 0 Å². The summed E-state index contributed by atoms with van der Waals surface area (Å²) in [5, 5.41) is 8.06. The highest BCUT2D eigenvalue weighted by Crippen LogP contribution is 2.53. The fourth-order valence-electron chi connectivity index (χ4n) is 10.1. The molecule has 0 atom stereocenters. The molecular formula is C53H34N4O. The van der Waals surface area contributed by atoms with Gasteiger partial charge in [-0.1, -0.05) is 135 Å². The van der Waals surface area contributed by atoms with Gasteiger partial charge in [0.15, 0.2) is 5.58 Å². The molecule has 8 aromatic carbocycles. The number of furan rings is 1. The van der Waals surface area contributed by atoms with E-state index >= 15 is 0 Å². The second kappa shape index (κ2) is 11.3. The van der Waals surface area contributed by atoms with Crippen LogP contribution in [-0.4, -0.2) is 19.1 Å². The van der Waals surface area contributed by atoms with Gasteiger partial charge in [0.2, 0.25) is 5.95 Å². The normalized spacial score (nSPS) is 13.5. The van der Waals surface area contributed by atoms with Gasteiger partial charge in [-0.2, -0.15) is 0 Å². The molecule has 12 aromatic rings. The van der Waals surface area contributed by atoms with E-state index in [-0.39, 0.29) is 5.41 Å². The summed E-state index contributed by atoms with van der Waals surface area (Å²) in [4.78, 5) is 11.1. The summed E-state index contributed by atoms with van der Waals surface area (Å²) in [5.41, 5.74) is 14.8. The molecule has 1 aliphatic rings. The lowest BCUT2D eigenvalue weighted by molar-refractivity contribution is 0.661. The highest BCUT2D eigenvalue weighted by Gasteiger charge is 2.37. The van der Waals surface area contributed by atoms with Gasteiger partial charge in [0.25, 0.3) is 0 Å². The molecule has 4 aromatic heterocycles. The molecule has 0 saturated carbocycles. The first-order chi connectivity index (χ1) is 28.5. The second-order valence-corrected chi connectivity index (χ2v) is 16.1. The molecule has 5 heteroatoms. The Morgan fingerprint density at radius 3 is 2.14 bits per heavy atom. The molecule has 0 N–H and O–H groups in total. The van der Waals surface area contributed by atoms with Crippen molar-refractivity contribution < 1.29 is 4.42 Å². The van der Waals surface area contributed by atoms with Gasteiger partial charge < -0.3 is 8.98 Å². The minimum Gasteiger partial charge on any atom is -0.452 e. The first-order valence-electron chi connectivity index (χ1n) is 19.9. The Bertz CT molecular complexity index is 3710. The summed E-state index contributed by atoms with van der Waals surface area (Å²) in [6, 6.07) is 60.9. The lowest BCUT2D eigenvalue weighted by Crippen LogP contribution is -2.14. The predicted octanol–water partition coefficient (Wildman–Crippen LogP) is 13.7. The monoisotopic (exact) mass is 742 g/mol. The fraction of sp³-hybridized carbons (Fsp3) is 0.0566. The van der Waals surface area contributed by atoms with E-state index in [1.165, 1.54) is 43.8 Å². The van der Waals surface area contributed by atoms with Crippen molar-refractivity contribution in [3.63, 3.8) is 0 Å². The van der Waals surface area contributed by atoms with E-state index in [9.17, 15) is 0 Å². The molecule has 0 saturated heterocycles. The van der Waals surface area contributed by atoms with Gasteiger partial charge in [0, 0.05) is 49.0 Å². The Morgan fingerprint density at radius 2 is 1.24 bits per heavy atom. The molecule has 0 bridgehead atoms. The number of nitrogens with zero attached hydrogens (tertiary/aromatic N) is 4. The molecule has 0 aliphatic heterocycles. The van der Waals surface area contributed by atoms with Crippen molar-refractivity contribution in [3.05, 3.63) is 181 Å². The third-order valence-corrected chi connectivity index (χ3v) is 12.7. The second-order valence-electron chi connectivity index (χ2n) is 16.1. The molecule has 5 nitrogen and oxygen atoms in total. The van der Waals surface area contributed by atoms with Crippen molar-refractivity contribution in [1.29, 1.82) is 0 Å². The van der Waals surface area contributed by atoms with Crippen LogP contribution in [0.25, 0.3) is 110 Å². The number of benzene rings is 8. The first kappa shape index (κ1) is 31.7. The number of hydrogen-bond donors (Lipinski definition) is 0. The van der Waals surface area contributed by atoms with E-state index in [2.05, 4.69) is 181 Å². The van der Waals surface area contributed by atoms with Crippen LogP contribution in [0.15, 0.2) is 174 Å². The van der Waals surface area contributed by atoms with Gasteiger partial charge in [0.1, 0.15) is 16.8 Å². The number of rotatable bonds is 3. The summed E-state index contributed by atoms with van der Waals surface area (Å²) in [6.07, 6.45) is 0. The van der Waals surface area contributed by atoms with Crippen LogP contribution in [0.4, 0.5) is 0 Å². The van der Waals surface area contributed by atoms with E-state index in [4.69, 9.17) is 14.4 Å². The maximum absolute atomic E-state index is 6.71. The molecule has 13 rings (SSSR count). The minimum absolute atomic E-state index is 0.133. The van der Waals surface area contributed by atoms with Gasteiger partial charge in [-0.15, -0.1) is 0 Å². The largest absolute Gasteiger partial charge is 0.452 e. The minimum atomic E-state index is -0.133. The Kier molecular flexibility index (Phi) is 6.17. The molecule has 58 heavy (non-hydrogen) atoms. The van der Waals surface area contributed by atoms with Crippen molar-refractivity contribution in [2.75, 3.05) is 0 Å². The topological polar surface area (TPSA) is 48.8 Å². The summed E-state index contributed by atoms with van der Waals surface area (Å²) >= 11 is 0. The van der Waals surface area contributed by atoms with Crippen molar-refractivity contribution in [1.82, 2.24) is 19.1 Å². The lowest BCUT2D eigenvalue weighted by atomic mass is 9.82. The van der Waals surface area contributed by atoms with Crippen molar-refractivity contribution >= 4 is 76.5 Å². The van der Waals surface area contributed by atoms with E-state index in [0.717, 1.165) is 66.3 Å². The molecule has 0 unspecified atom stereocenters. The van der Waals surface area contributed by atoms with E-state index in [1.807, 2.05) is 12.1 Å². The molecule has 0 radical (unpaired) electrons. The highest BCUT2D eigenvalue weighted by molar-refractivity contribution is 6.23. The maximum atomic E-state index is 6.71. The predicted molar refractivity (Wildman–Crippen MR) is 238 cm³/mol. The van der Waals surface area contributed by atoms with Gasteiger partial charge in [0.05, 0.1) is 22.1 Å². The summed E-state index contributed by atoms with van der Waals surface area (Å²) < 4.78 is 11.4. The van der Waals surface area contributed by atoms with Crippen LogP contribution in [0.3, 0.4) is 0 Å². The lowest BCUT2D eigenvalue weighted by Gasteiger charge is -2.21. The number of aromatic nitrogens is 4. The Hall–Kier alpha value is -7.50. The van der Waals surface area contributed by atoms with Crippen LogP contribution in [-0.2, 0) is 5.41 Å². The van der Waals surface area contributed by atoms with Crippen molar-refractivity contribution in [2.24, 2.45) is 0 Å². The molecule has 4 heterocycles. The van der Waals surface area contributed by atoms with Gasteiger partial charge in [-0.05, 0) is 76.2 Å². The quantitative estimate of drug-likeness (QED) is 0.181. The van der Waals surface area contributed by atoms with Crippen LogP contribution in [0.1, 0.15) is 25.0 Å². The van der Waals surface area contributed by atoms with E-state index in [0.29, 0.717) is 11.5 Å². The van der Waals surface area contributed by atoms with E-state index in [1.54, 1.807) is 0 Å². The van der Waals surface area contributed by atoms with Gasteiger partial charge in [-0.25, -0.2) is 9.97 Å². The zero-order chi connectivity index (χ0) is 38.3. The number of fused-ring (bicyclic) bond motifs is 15. The molecule has 1 aliphatic carbocycles. The standard InChI is InChI=1S/C53H34N4O/c1-53(2)40-21-11-8-19-36(40)46-41(53)27-29-44-47(46)38-26-24-31-14-6-7-17-34(31)50(38)57(44)52-54-48(51-49(55-52)37-20-10-13-23-45(37)58-51)32-25-28-43-39(30-32)35-18-9-12-22-42(35)56(43)33-15-4-3-5-16-33/h3-30H,1-2H3. The van der Waals surface area contributed by atoms with Crippen LogP contribution in [0, 0.1) is 0 Å². The maximum Gasteiger partial charge on any atom is 0.236 e. The number of para-hydroxylation sites is 3. The summed E-state index contributed by atoms with van der Waals surface area (Å²) in [5.74, 6) is 0.614. The third kappa shape index (κ3) is 4.09. The van der Waals surface area contributed by atoms with Gasteiger partial charge in [-0.3, -0.25) is 4.57 Å². The highest BCUT2D eigenvalue weighted by atomic mass is 16.3. The van der Waals surface area contributed by atoms with Crippen molar-refractivity contribution in [3.8, 4) is 34.0 Å². The van der Waals surface area contributed by atoms with Gasteiger partial charge >= 0.3 is 0 Å². The molecule has 0 spiro atoms. The Morgan fingerprint density at radius 1 is 0.517 bits per heavy atom. The molecular weight excluding hydrogens is 709 g/mol. The third-order valence-electron chi connectivity index (χ3n) is 12.7. The number of hydrogen-bond acceptors (Lipinski definition) is 3. The van der Waals surface area contributed by atoms with E-state index < -0.39 is 0 Å². The Labute approximate surface area is 333 Å². The first-order valence-corrected chi connectivity index (χ1v) is 19.9. The van der Waals surface area contributed by atoms with Crippen LogP contribution in [0.5, 0.6) is 0 Å². The Balaban J connectivity index is 1.16. The average Bonchev–Trinajstić information content (AvgIpc) is 3.99. The fourth-order valence-corrected chi connectivity index (χ4v) is 10.1. The summed E-state index contributed by atoms with van der Waals surface area (Å²) in [7, 11) is 0. The SMILES string of the molecule is CC1(C)c2ccccc2-c2c1ccc1c2c2ccc3ccccc3c2n1-c1nc(-c2ccc3c(c2)c2ccccc2n3-c2ccccc2)c2oc3ccccc3c2n1.